The molecule has 0 bridgehead atoms. The zero-order valence-corrected chi connectivity index (χ0v) is 16.0. The highest BCUT2D eigenvalue weighted by molar-refractivity contribution is 6.30. The summed E-state index contributed by atoms with van der Waals surface area (Å²) in [5, 5.41) is 16.0. The first kappa shape index (κ1) is 20.4. The molecule has 0 atom stereocenters. The van der Waals surface area contributed by atoms with E-state index >= 15 is 0 Å². The summed E-state index contributed by atoms with van der Waals surface area (Å²) in [6.07, 6.45) is -0.671. The van der Waals surface area contributed by atoms with Gasteiger partial charge in [-0.1, -0.05) is 48.0 Å². The van der Waals surface area contributed by atoms with Crippen molar-refractivity contribution in [2.75, 3.05) is 6.61 Å². The molecule has 7 nitrogen and oxygen atoms in total. The van der Waals surface area contributed by atoms with Crippen LogP contribution >= 0.6 is 11.6 Å². The van der Waals surface area contributed by atoms with Crippen LogP contribution in [0.1, 0.15) is 37.5 Å². The third-order valence-corrected chi connectivity index (χ3v) is 4.23. The lowest BCUT2D eigenvalue weighted by Gasteiger charge is -2.16. The topological polar surface area (TPSA) is 93.8 Å². The molecule has 0 aliphatic rings. The van der Waals surface area contributed by atoms with Gasteiger partial charge in [-0.25, -0.2) is 10.2 Å². The Morgan fingerprint density at radius 2 is 1.67 bits per heavy atom. The van der Waals surface area contributed by atoms with Gasteiger partial charge < -0.3 is 4.74 Å². The molecular formula is C19H20ClN3O4. The minimum absolute atomic E-state index is 0.225. The van der Waals surface area contributed by atoms with Gasteiger partial charge in [-0.05, 0) is 19.1 Å². The molecule has 0 heterocycles. The van der Waals surface area contributed by atoms with E-state index in [2.05, 4.69) is 10.5 Å². The van der Waals surface area contributed by atoms with Crippen molar-refractivity contribution in [3.63, 3.8) is 0 Å². The first-order valence-corrected chi connectivity index (χ1v) is 8.65. The van der Waals surface area contributed by atoms with E-state index in [-0.39, 0.29) is 11.5 Å². The Hall–Kier alpha value is -2.93. The van der Waals surface area contributed by atoms with Gasteiger partial charge in [-0.2, -0.15) is 5.10 Å². The van der Waals surface area contributed by atoms with Crippen LogP contribution in [-0.4, -0.2) is 23.3 Å². The Morgan fingerprint density at radius 1 is 1.15 bits per heavy atom. The molecule has 8 heteroatoms. The van der Waals surface area contributed by atoms with Crippen molar-refractivity contribution in [1.29, 1.82) is 0 Å². The van der Waals surface area contributed by atoms with Crippen molar-refractivity contribution in [3.05, 3.63) is 80.4 Å². The molecule has 1 N–H and O–H groups in total. The monoisotopic (exact) mass is 389 g/mol. The van der Waals surface area contributed by atoms with E-state index in [4.69, 9.17) is 16.3 Å². The van der Waals surface area contributed by atoms with Crippen LogP contribution < -0.4 is 5.43 Å². The van der Waals surface area contributed by atoms with E-state index in [1.807, 2.05) is 0 Å². The number of ether oxygens (including phenoxy) is 1. The summed E-state index contributed by atoms with van der Waals surface area (Å²) in [5.74, 6) is 0. The number of rotatable bonds is 6. The first-order valence-electron chi connectivity index (χ1n) is 8.27. The molecule has 0 radical (unpaired) electrons. The molecule has 2 aromatic carbocycles. The predicted octanol–water partition coefficient (Wildman–Crippen LogP) is 4.35. The fraction of sp³-hybridized carbons (Fsp3) is 0.263. The molecule has 2 rings (SSSR count). The second-order valence-electron chi connectivity index (χ2n) is 6.19. The summed E-state index contributed by atoms with van der Waals surface area (Å²) in [5.41, 5.74) is 3.57. The molecule has 0 aliphatic heterocycles. The summed E-state index contributed by atoms with van der Waals surface area (Å²) in [6, 6.07) is 13.7. The van der Waals surface area contributed by atoms with E-state index in [0.717, 1.165) is 5.56 Å². The highest BCUT2D eigenvalue weighted by Crippen LogP contribution is 2.24. The molecule has 0 saturated carbocycles. The Kier molecular flexibility index (Phi) is 6.52. The first-order chi connectivity index (χ1) is 12.8. The molecule has 1 amide bonds. The average Bonchev–Trinajstić information content (AvgIpc) is 2.64. The van der Waals surface area contributed by atoms with Crippen LogP contribution in [0.25, 0.3) is 0 Å². The number of hydrogen-bond acceptors (Lipinski definition) is 5. The van der Waals surface area contributed by atoms with E-state index in [1.165, 1.54) is 0 Å². The highest BCUT2D eigenvalue weighted by atomic mass is 35.5. The Bertz CT molecular complexity index is 846. The molecule has 0 aromatic heterocycles. The lowest BCUT2D eigenvalue weighted by Crippen LogP contribution is -2.27. The lowest BCUT2D eigenvalue weighted by molar-refractivity contribution is -0.569. The fourth-order valence-electron chi connectivity index (χ4n) is 2.31. The molecule has 0 unspecified atom stereocenters. The number of hydrogen-bond donors (Lipinski definition) is 1. The zero-order valence-electron chi connectivity index (χ0n) is 15.2. The molecule has 142 valence electrons. The maximum absolute atomic E-state index is 11.6. The van der Waals surface area contributed by atoms with Gasteiger partial charge in [0.25, 0.3) is 0 Å². The summed E-state index contributed by atoms with van der Waals surface area (Å²) in [4.78, 5) is 22.5. The number of hydrazone groups is 1. The molecule has 27 heavy (non-hydrogen) atoms. The van der Waals surface area contributed by atoms with Crippen molar-refractivity contribution in [1.82, 2.24) is 5.43 Å². The Labute approximate surface area is 162 Å². The molecule has 0 aliphatic carbocycles. The van der Waals surface area contributed by atoms with Gasteiger partial charge in [-0.15, -0.1) is 0 Å². The molecular weight excluding hydrogens is 370 g/mol. The van der Waals surface area contributed by atoms with Crippen LogP contribution in [0.3, 0.4) is 0 Å². The second-order valence-corrected chi connectivity index (χ2v) is 6.63. The zero-order chi connectivity index (χ0) is 20.0. The Morgan fingerprint density at radius 3 is 2.15 bits per heavy atom. The van der Waals surface area contributed by atoms with Gasteiger partial charge in [-0.3, -0.25) is 10.1 Å². The molecule has 0 fully saturated rings. The number of carbonyl (C=O) groups is 1. The van der Waals surface area contributed by atoms with Crippen LogP contribution in [0, 0.1) is 10.1 Å². The largest absolute Gasteiger partial charge is 0.449 e. The molecule has 2 aromatic rings. The minimum Gasteiger partial charge on any atom is -0.449 e. The smallest absolute Gasteiger partial charge is 0.427 e. The van der Waals surface area contributed by atoms with Crippen molar-refractivity contribution in [2.45, 2.75) is 26.3 Å². The summed E-state index contributed by atoms with van der Waals surface area (Å²) in [6.45, 7) is 5.00. The number of nitrogens with zero attached hydrogens (tertiary/aromatic N) is 2. The Balaban J connectivity index is 2.41. The van der Waals surface area contributed by atoms with Crippen LogP contribution in [0.15, 0.2) is 53.6 Å². The predicted molar refractivity (Wildman–Crippen MR) is 104 cm³/mol. The summed E-state index contributed by atoms with van der Waals surface area (Å²) < 4.78 is 4.82. The van der Waals surface area contributed by atoms with Gasteiger partial charge in [0, 0.05) is 40.5 Å². The van der Waals surface area contributed by atoms with Gasteiger partial charge in [0.05, 0.1) is 12.3 Å². The third kappa shape index (κ3) is 5.04. The van der Waals surface area contributed by atoms with Crippen molar-refractivity contribution >= 4 is 23.4 Å². The number of halogens is 1. The summed E-state index contributed by atoms with van der Waals surface area (Å²) >= 11 is 5.94. The molecule has 0 saturated heterocycles. The van der Waals surface area contributed by atoms with E-state index in [0.29, 0.717) is 21.9 Å². The van der Waals surface area contributed by atoms with E-state index < -0.39 is 11.6 Å². The SMILES string of the molecule is CCOC(=O)N/N=C(\c1ccc(Cl)cc1)c1ccc(C(C)(C)[N+](=O)[O-])cc1. The maximum Gasteiger partial charge on any atom is 0.427 e. The number of carbonyl (C=O) groups excluding carboxylic acids is 1. The van der Waals surface area contributed by atoms with Gasteiger partial charge >= 0.3 is 6.09 Å². The van der Waals surface area contributed by atoms with Crippen LogP contribution in [0.2, 0.25) is 5.02 Å². The number of benzene rings is 2. The van der Waals surface area contributed by atoms with Gasteiger partial charge in [0.2, 0.25) is 5.54 Å². The van der Waals surface area contributed by atoms with Gasteiger partial charge in [0.15, 0.2) is 0 Å². The summed E-state index contributed by atoms with van der Waals surface area (Å²) in [7, 11) is 0. The average molecular weight is 390 g/mol. The minimum atomic E-state index is -1.21. The third-order valence-electron chi connectivity index (χ3n) is 3.97. The standard InChI is InChI=1S/C19H20ClN3O4/c1-4-27-18(24)22-21-17(14-7-11-16(20)12-8-14)13-5-9-15(10-6-13)19(2,3)23(25)26/h5-12H,4H2,1-3H3,(H,22,24)/b21-17-. The lowest BCUT2D eigenvalue weighted by atomic mass is 9.92. The number of nitro groups is 1. The van der Waals surface area contributed by atoms with Gasteiger partial charge in [0.1, 0.15) is 0 Å². The van der Waals surface area contributed by atoms with Crippen LogP contribution in [0.5, 0.6) is 0 Å². The number of amides is 1. The van der Waals surface area contributed by atoms with E-state index in [1.54, 1.807) is 69.3 Å². The van der Waals surface area contributed by atoms with Crippen LogP contribution in [0.4, 0.5) is 4.79 Å². The van der Waals surface area contributed by atoms with Crippen molar-refractivity contribution in [2.24, 2.45) is 5.10 Å². The number of nitrogens with one attached hydrogen (secondary N) is 1. The normalized spacial score (nSPS) is 11.8. The fourth-order valence-corrected chi connectivity index (χ4v) is 2.44. The molecule has 0 spiro atoms. The van der Waals surface area contributed by atoms with E-state index in [9.17, 15) is 14.9 Å². The van der Waals surface area contributed by atoms with Crippen molar-refractivity contribution in [3.8, 4) is 0 Å². The van der Waals surface area contributed by atoms with Crippen molar-refractivity contribution < 1.29 is 14.5 Å². The second kappa shape index (κ2) is 8.64. The van der Waals surface area contributed by atoms with Crippen LogP contribution in [-0.2, 0) is 10.3 Å². The maximum atomic E-state index is 11.6. The highest BCUT2D eigenvalue weighted by Gasteiger charge is 2.33. The quantitative estimate of drug-likeness (QED) is 0.451.